The number of carbonyl (C=O) groups excluding carboxylic acids is 1. The molecule has 0 heterocycles. The molecular formula is C13H9F2IN2O. The molecule has 0 radical (unpaired) electrons. The fourth-order valence-electron chi connectivity index (χ4n) is 1.48. The van der Waals surface area contributed by atoms with E-state index in [1.807, 2.05) is 6.07 Å². The SMILES string of the molecule is Nc1c(F)cc(C(=O)Nc2cccc(I)c2)cc1F. The maximum Gasteiger partial charge on any atom is 0.255 e. The second-order valence-electron chi connectivity index (χ2n) is 3.82. The van der Waals surface area contributed by atoms with Gasteiger partial charge in [0.2, 0.25) is 0 Å². The highest BCUT2D eigenvalue weighted by Gasteiger charge is 2.13. The smallest absolute Gasteiger partial charge is 0.255 e. The molecule has 0 aromatic heterocycles. The van der Waals surface area contributed by atoms with Gasteiger partial charge in [0.05, 0.1) is 0 Å². The molecular weight excluding hydrogens is 365 g/mol. The molecule has 0 bridgehead atoms. The number of hydrogen-bond donors (Lipinski definition) is 2. The van der Waals surface area contributed by atoms with Gasteiger partial charge in [0.25, 0.3) is 5.91 Å². The monoisotopic (exact) mass is 374 g/mol. The van der Waals surface area contributed by atoms with Crippen molar-refractivity contribution in [2.24, 2.45) is 0 Å². The van der Waals surface area contributed by atoms with Crippen LogP contribution in [0.5, 0.6) is 0 Å². The zero-order valence-corrected chi connectivity index (χ0v) is 11.7. The molecule has 0 fully saturated rings. The van der Waals surface area contributed by atoms with Crippen molar-refractivity contribution < 1.29 is 13.6 Å². The number of carbonyl (C=O) groups is 1. The lowest BCUT2D eigenvalue weighted by Crippen LogP contribution is -2.13. The first-order valence-corrected chi connectivity index (χ1v) is 6.36. The quantitative estimate of drug-likeness (QED) is 0.626. The molecule has 1 amide bonds. The van der Waals surface area contributed by atoms with Gasteiger partial charge in [-0.1, -0.05) is 6.07 Å². The molecule has 0 saturated carbocycles. The number of anilines is 2. The van der Waals surface area contributed by atoms with E-state index in [0.717, 1.165) is 15.7 Å². The van der Waals surface area contributed by atoms with Crippen molar-refractivity contribution in [1.29, 1.82) is 0 Å². The van der Waals surface area contributed by atoms with Gasteiger partial charge in [-0.3, -0.25) is 4.79 Å². The number of nitrogen functional groups attached to an aromatic ring is 1. The van der Waals surface area contributed by atoms with Crippen LogP contribution < -0.4 is 11.1 Å². The lowest BCUT2D eigenvalue weighted by Gasteiger charge is -2.07. The third-order valence-electron chi connectivity index (χ3n) is 2.42. The minimum atomic E-state index is -0.951. The molecule has 0 atom stereocenters. The van der Waals surface area contributed by atoms with Crippen LogP contribution in [0.15, 0.2) is 36.4 Å². The van der Waals surface area contributed by atoms with Crippen molar-refractivity contribution in [2.45, 2.75) is 0 Å². The molecule has 2 rings (SSSR count). The molecule has 0 unspecified atom stereocenters. The molecule has 19 heavy (non-hydrogen) atoms. The van der Waals surface area contributed by atoms with Crippen LogP contribution in [-0.2, 0) is 0 Å². The Morgan fingerprint density at radius 2 is 1.79 bits per heavy atom. The van der Waals surface area contributed by atoms with E-state index in [-0.39, 0.29) is 5.56 Å². The van der Waals surface area contributed by atoms with E-state index in [2.05, 4.69) is 27.9 Å². The highest BCUT2D eigenvalue weighted by molar-refractivity contribution is 14.1. The van der Waals surface area contributed by atoms with Crippen LogP contribution in [-0.4, -0.2) is 5.91 Å². The molecule has 98 valence electrons. The van der Waals surface area contributed by atoms with Gasteiger partial charge in [-0.05, 0) is 52.9 Å². The van der Waals surface area contributed by atoms with E-state index in [1.54, 1.807) is 18.2 Å². The Hall–Kier alpha value is -1.70. The predicted octanol–water partition coefficient (Wildman–Crippen LogP) is 3.40. The minimum absolute atomic E-state index is 0.122. The van der Waals surface area contributed by atoms with Crippen LogP contribution >= 0.6 is 22.6 Å². The van der Waals surface area contributed by atoms with Crippen molar-refractivity contribution >= 4 is 39.9 Å². The Kier molecular flexibility index (Phi) is 3.98. The van der Waals surface area contributed by atoms with Gasteiger partial charge in [0.1, 0.15) is 17.3 Å². The Morgan fingerprint density at radius 1 is 1.16 bits per heavy atom. The average Bonchev–Trinajstić information content (AvgIpc) is 2.35. The van der Waals surface area contributed by atoms with Gasteiger partial charge in [0, 0.05) is 14.8 Å². The Morgan fingerprint density at radius 3 is 2.37 bits per heavy atom. The Bertz CT molecular complexity index is 623. The summed E-state index contributed by atoms with van der Waals surface area (Å²) in [6.07, 6.45) is 0. The van der Waals surface area contributed by atoms with Crippen LogP contribution in [0.1, 0.15) is 10.4 Å². The molecule has 0 aliphatic carbocycles. The molecule has 3 nitrogen and oxygen atoms in total. The maximum atomic E-state index is 13.3. The third kappa shape index (κ3) is 3.19. The second kappa shape index (κ2) is 5.52. The lowest BCUT2D eigenvalue weighted by molar-refractivity contribution is 0.102. The summed E-state index contributed by atoms with van der Waals surface area (Å²) in [6.45, 7) is 0. The normalized spacial score (nSPS) is 10.3. The standard InChI is InChI=1S/C13H9F2IN2O/c14-10-4-7(5-11(15)12(10)17)13(19)18-9-3-1-2-8(16)6-9/h1-6H,17H2,(H,18,19). The van der Waals surface area contributed by atoms with Crippen LogP contribution in [0.25, 0.3) is 0 Å². The number of benzene rings is 2. The predicted molar refractivity (Wildman–Crippen MR) is 77.9 cm³/mol. The summed E-state index contributed by atoms with van der Waals surface area (Å²) in [5, 5.41) is 2.56. The molecule has 2 aromatic rings. The number of amides is 1. The molecule has 0 aliphatic heterocycles. The Labute approximate surface area is 121 Å². The van der Waals surface area contributed by atoms with Gasteiger partial charge in [-0.25, -0.2) is 8.78 Å². The number of nitrogens with two attached hydrogens (primary N) is 1. The van der Waals surface area contributed by atoms with Crippen LogP contribution in [0.3, 0.4) is 0 Å². The number of nitrogens with one attached hydrogen (secondary N) is 1. The van der Waals surface area contributed by atoms with E-state index >= 15 is 0 Å². The average molecular weight is 374 g/mol. The largest absolute Gasteiger partial charge is 0.394 e. The van der Waals surface area contributed by atoms with Crippen molar-refractivity contribution in [2.75, 3.05) is 11.1 Å². The third-order valence-corrected chi connectivity index (χ3v) is 3.09. The number of hydrogen-bond acceptors (Lipinski definition) is 2. The van der Waals surface area contributed by atoms with Gasteiger partial charge >= 0.3 is 0 Å². The summed E-state index contributed by atoms with van der Waals surface area (Å²) in [4.78, 5) is 11.9. The van der Waals surface area contributed by atoms with Crippen molar-refractivity contribution in [3.05, 3.63) is 57.2 Å². The maximum absolute atomic E-state index is 13.3. The van der Waals surface area contributed by atoms with Crippen molar-refractivity contribution in [3.8, 4) is 0 Å². The molecule has 3 N–H and O–H groups in total. The number of rotatable bonds is 2. The summed E-state index contributed by atoms with van der Waals surface area (Å²) < 4.78 is 27.4. The first-order chi connectivity index (χ1) is 8.97. The second-order valence-corrected chi connectivity index (χ2v) is 5.06. The number of halogens is 3. The zero-order valence-electron chi connectivity index (χ0n) is 9.58. The van der Waals surface area contributed by atoms with Gasteiger partial charge < -0.3 is 11.1 Å². The van der Waals surface area contributed by atoms with E-state index in [4.69, 9.17) is 5.73 Å². The first-order valence-electron chi connectivity index (χ1n) is 5.29. The van der Waals surface area contributed by atoms with Crippen molar-refractivity contribution in [1.82, 2.24) is 0 Å². The Balaban J connectivity index is 2.25. The van der Waals surface area contributed by atoms with E-state index in [9.17, 15) is 13.6 Å². The molecule has 6 heteroatoms. The van der Waals surface area contributed by atoms with Crippen LogP contribution in [0.2, 0.25) is 0 Å². The van der Waals surface area contributed by atoms with Crippen LogP contribution in [0.4, 0.5) is 20.2 Å². The highest BCUT2D eigenvalue weighted by Crippen LogP contribution is 2.19. The van der Waals surface area contributed by atoms with E-state index in [0.29, 0.717) is 5.69 Å². The summed E-state index contributed by atoms with van der Waals surface area (Å²) in [7, 11) is 0. The molecule has 2 aromatic carbocycles. The zero-order chi connectivity index (χ0) is 14.0. The van der Waals surface area contributed by atoms with E-state index < -0.39 is 23.2 Å². The van der Waals surface area contributed by atoms with Gasteiger partial charge in [0.15, 0.2) is 0 Å². The summed E-state index contributed by atoms with van der Waals surface area (Å²) >= 11 is 2.09. The summed E-state index contributed by atoms with van der Waals surface area (Å²) in [5.41, 5.74) is 4.98. The van der Waals surface area contributed by atoms with Gasteiger partial charge in [-0.15, -0.1) is 0 Å². The highest BCUT2D eigenvalue weighted by atomic mass is 127. The summed E-state index contributed by atoms with van der Waals surface area (Å²) in [5.74, 6) is -2.50. The van der Waals surface area contributed by atoms with Crippen molar-refractivity contribution in [3.63, 3.8) is 0 Å². The van der Waals surface area contributed by atoms with Crippen LogP contribution in [0, 0.1) is 15.2 Å². The molecule has 0 aliphatic rings. The van der Waals surface area contributed by atoms with Gasteiger partial charge in [-0.2, -0.15) is 0 Å². The fourth-order valence-corrected chi connectivity index (χ4v) is 2.03. The topological polar surface area (TPSA) is 55.1 Å². The minimum Gasteiger partial charge on any atom is -0.394 e. The lowest BCUT2D eigenvalue weighted by atomic mass is 10.1. The summed E-state index contributed by atoms with van der Waals surface area (Å²) in [6, 6.07) is 8.86. The first kappa shape index (κ1) is 13.7. The van der Waals surface area contributed by atoms with E-state index in [1.165, 1.54) is 0 Å². The molecule has 0 spiro atoms. The molecule has 0 saturated heterocycles. The fraction of sp³-hybridized carbons (Fsp3) is 0.